The highest BCUT2D eigenvalue weighted by atomic mass is 79.9. The van der Waals surface area contributed by atoms with E-state index in [0.29, 0.717) is 17.3 Å². The average molecular weight is 476 g/mol. The minimum atomic E-state index is -0.649. The molecule has 7 nitrogen and oxygen atoms in total. The third-order valence-corrected chi connectivity index (χ3v) is 5.33. The maximum atomic E-state index is 12.4. The second-order valence-electron chi connectivity index (χ2n) is 6.52. The van der Waals surface area contributed by atoms with Gasteiger partial charge in [0.05, 0.1) is 23.8 Å². The van der Waals surface area contributed by atoms with E-state index in [9.17, 15) is 4.79 Å². The Kier molecular flexibility index (Phi) is 5.64. The zero-order chi connectivity index (χ0) is 20.4. The molecule has 1 atom stereocenters. The fourth-order valence-corrected chi connectivity index (χ4v) is 3.47. The van der Waals surface area contributed by atoms with E-state index in [2.05, 4.69) is 36.0 Å². The number of fused-ring (bicyclic) bond motifs is 1. The molecule has 2 aromatic heterocycles. The van der Waals surface area contributed by atoms with Crippen molar-refractivity contribution in [1.29, 1.82) is 0 Å². The van der Waals surface area contributed by atoms with Crippen molar-refractivity contribution >= 4 is 44.5 Å². The molecule has 0 saturated carbocycles. The van der Waals surface area contributed by atoms with E-state index >= 15 is 0 Å². The topological polar surface area (TPSA) is 93.9 Å². The first kappa shape index (κ1) is 19.6. The second kappa shape index (κ2) is 8.34. The van der Waals surface area contributed by atoms with Gasteiger partial charge in [0.2, 0.25) is 0 Å². The zero-order valence-electron chi connectivity index (χ0n) is 15.4. The summed E-state index contributed by atoms with van der Waals surface area (Å²) in [5.41, 5.74) is 3.48. The highest BCUT2D eigenvalue weighted by Crippen LogP contribution is 2.24. The van der Waals surface area contributed by atoms with Gasteiger partial charge >= 0.3 is 5.97 Å². The number of esters is 1. The van der Waals surface area contributed by atoms with Crippen molar-refractivity contribution in [3.63, 3.8) is 0 Å². The van der Waals surface area contributed by atoms with Crippen LogP contribution in [-0.2, 0) is 22.4 Å². The monoisotopic (exact) mass is 474 g/mol. The minimum Gasteiger partial charge on any atom is -0.452 e. The number of H-pyrrole nitrogens is 1. The molecule has 0 amide bonds. The molecule has 1 unspecified atom stereocenters. The molecule has 2 heterocycles. The van der Waals surface area contributed by atoms with Crippen LogP contribution in [0.15, 0.2) is 51.7 Å². The Morgan fingerprint density at radius 2 is 2.10 bits per heavy atom. The summed E-state index contributed by atoms with van der Waals surface area (Å²) >= 11 is 9.36. The number of hydrogen-bond acceptors (Lipinski definition) is 6. The molecule has 148 valence electrons. The lowest BCUT2D eigenvalue weighted by molar-refractivity contribution is -0.148. The normalized spacial score (nSPS) is 12.2. The number of benzene rings is 2. The van der Waals surface area contributed by atoms with Crippen LogP contribution in [0.1, 0.15) is 35.9 Å². The lowest BCUT2D eigenvalue weighted by atomic mass is 10.1. The molecule has 1 N–H and O–H groups in total. The highest BCUT2D eigenvalue weighted by molar-refractivity contribution is 9.10. The molecule has 0 aliphatic heterocycles. The Balaban J connectivity index is 1.38. The predicted octanol–water partition coefficient (Wildman–Crippen LogP) is 4.80. The summed E-state index contributed by atoms with van der Waals surface area (Å²) in [4.78, 5) is 23.9. The standard InChI is InChI=1S/C20H16BrClN4O3/c1-11(20-25-18(26-29-20)6-12-2-4-14(22)5-3-12)28-19(27)8-13-7-16-17(9-15(13)21)24-10-23-16/h2-5,7,9-11H,6,8H2,1H3,(H,23,24). The Morgan fingerprint density at radius 3 is 2.90 bits per heavy atom. The molecule has 0 bridgehead atoms. The average Bonchev–Trinajstić information content (AvgIpc) is 3.33. The molecule has 0 aliphatic carbocycles. The molecular weight excluding hydrogens is 460 g/mol. The summed E-state index contributed by atoms with van der Waals surface area (Å²) in [6.07, 6.45) is 1.56. The second-order valence-corrected chi connectivity index (χ2v) is 7.82. The Bertz CT molecular complexity index is 1160. The number of rotatable bonds is 6. The van der Waals surface area contributed by atoms with E-state index in [1.54, 1.807) is 25.4 Å². The molecule has 0 fully saturated rings. The smallest absolute Gasteiger partial charge is 0.311 e. The van der Waals surface area contributed by atoms with Gasteiger partial charge in [-0.15, -0.1) is 0 Å². The van der Waals surface area contributed by atoms with Crippen molar-refractivity contribution in [2.45, 2.75) is 25.9 Å². The molecule has 0 spiro atoms. The van der Waals surface area contributed by atoms with Crippen molar-refractivity contribution in [1.82, 2.24) is 20.1 Å². The summed E-state index contributed by atoms with van der Waals surface area (Å²) < 4.78 is 11.5. The number of imidazole rings is 1. The highest BCUT2D eigenvalue weighted by Gasteiger charge is 2.20. The fourth-order valence-electron chi connectivity index (χ4n) is 2.87. The van der Waals surface area contributed by atoms with Crippen molar-refractivity contribution in [3.05, 3.63) is 75.1 Å². The maximum Gasteiger partial charge on any atom is 0.311 e. The largest absolute Gasteiger partial charge is 0.452 e. The quantitative estimate of drug-likeness (QED) is 0.403. The maximum absolute atomic E-state index is 12.4. The van der Waals surface area contributed by atoms with Gasteiger partial charge in [0.15, 0.2) is 11.9 Å². The van der Waals surface area contributed by atoms with Crippen LogP contribution in [0, 0.1) is 0 Å². The van der Waals surface area contributed by atoms with E-state index < -0.39 is 12.1 Å². The number of ether oxygens (including phenoxy) is 1. The van der Waals surface area contributed by atoms with Crippen molar-refractivity contribution < 1.29 is 14.1 Å². The van der Waals surface area contributed by atoms with Crippen LogP contribution in [-0.4, -0.2) is 26.1 Å². The molecule has 0 radical (unpaired) electrons. The molecule has 29 heavy (non-hydrogen) atoms. The number of aromatic amines is 1. The molecule has 4 aromatic rings. The number of hydrogen-bond donors (Lipinski definition) is 1. The number of aromatic nitrogens is 4. The lowest BCUT2D eigenvalue weighted by Gasteiger charge is -2.10. The van der Waals surface area contributed by atoms with Crippen LogP contribution >= 0.6 is 27.5 Å². The van der Waals surface area contributed by atoms with E-state index in [1.807, 2.05) is 24.3 Å². The number of carbonyl (C=O) groups excluding carboxylic acids is 1. The van der Waals surface area contributed by atoms with Crippen molar-refractivity contribution in [3.8, 4) is 0 Å². The van der Waals surface area contributed by atoms with Gasteiger partial charge in [-0.05, 0) is 42.3 Å². The first-order chi connectivity index (χ1) is 14.0. The molecular formula is C20H16BrClN4O3. The SMILES string of the molecule is CC(OC(=O)Cc1cc2[nH]cnc2cc1Br)c1nc(Cc2ccc(Cl)cc2)no1. The van der Waals surface area contributed by atoms with E-state index in [4.69, 9.17) is 20.9 Å². The molecule has 0 saturated heterocycles. The van der Waals surface area contributed by atoms with E-state index in [1.165, 1.54) is 0 Å². The van der Waals surface area contributed by atoms with Gasteiger partial charge in [-0.1, -0.05) is 44.8 Å². The van der Waals surface area contributed by atoms with E-state index in [-0.39, 0.29) is 12.3 Å². The van der Waals surface area contributed by atoms with Crippen LogP contribution in [0.2, 0.25) is 5.02 Å². The van der Waals surface area contributed by atoms with Crippen LogP contribution < -0.4 is 0 Å². The lowest BCUT2D eigenvalue weighted by Crippen LogP contribution is -2.12. The zero-order valence-corrected chi connectivity index (χ0v) is 17.7. The third-order valence-electron chi connectivity index (χ3n) is 4.34. The first-order valence-corrected chi connectivity index (χ1v) is 10.0. The van der Waals surface area contributed by atoms with Gasteiger partial charge in [-0.2, -0.15) is 4.98 Å². The Hall–Kier alpha value is -2.71. The number of nitrogens with one attached hydrogen (secondary N) is 1. The summed E-state index contributed by atoms with van der Waals surface area (Å²) in [6, 6.07) is 11.1. The van der Waals surface area contributed by atoms with Crippen molar-refractivity contribution in [2.75, 3.05) is 0 Å². The van der Waals surface area contributed by atoms with Crippen LogP contribution in [0.25, 0.3) is 11.0 Å². The van der Waals surface area contributed by atoms with Gasteiger partial charge in [0.1, 0.15) is 0 Å². The van der Waals surface area contributed by atoms with Gasteiger partial charge in [-0.3, -0.25) is 4.79 Å². The van der Waals surface area contributed by atoms with Crippen molar-refractivity contribution in [2.24, 2.45) is 0 Å². The van der Waals surface area contributed by atoms with E-state index in [0.717, 1.165) is 26.6 Å². The Labute approximate surface area is 179 Å². The summed E-state index contributed by atoms with van der Waals surface area (Å²) in [5, 5.41) is 4.63. The molecule has 9 heteroatoms. The molecule has 2 aromatic carbocycles. The number of nitrogens with zero attached hydrogens (tertiary/aromatic N) is 3. The van der Waals surface area contributed by atoms with Crippen LogP contribution in [0.3, 0.4) is 0 Å². The molecule has 4 rings (SSSR count). The minimum absolute atomic E-state index is 0.103. The number of halogens is 2. The first-order valence-electron chi connectivity index (χ1n) is 8.86. The van der Waals surface area contributed by atoms with Gasteiger partial charge in [-0.25, -0.2) is 4.98 Å². The Morgan fingerprint density at radius 1 is 1.31 bits per heavy atom. The van der Waals surface area contributed by atoms with Crippen LogP contribution in [0.4, 0.5) is 0 Å². The third kappa shape index (κ3) is 4.65. The van der Waals surface area contributed by atoms with Gasteiger partial charge in [0.25, 0.3) is 5.89 Å². The van der Waals surface area contributed by atoms with Gasteiger partial charge in [0, 0.05) is 15.9 Å². The summed E-state index contributed by atoms with van der Waals surface area (Å²) in [7, 11) is 0. The fraction of sp³-hybridized carbons (Fsp3) is 0.200. The van der Waals surface area contributed by atoms with Crippen LogP contribution in [0.5, 0.6) is 0 Å². The predicted molar refractivity (Wildman–Crippen MR) is 111 cm³/mol. The molecule has 0 aliphatic rings. The van der Waals surface area contributed by atoms with Gasteiger partial charge < -0.3 is 14.2 Å². The summed E-state index contributed by atoms with van der Waals surface area (Å²) in [6.45, 7) is 1.70. The summed E-state index contributed by atoms with van der Waals surface area (Å²) in [5.74, 6) is 0.373. The number of carbonyl (C=O) groups is 1.